The van der Waals surface area contributed by atoms with E-state index in [0.29, 0.717) is 0 Å². The highest BCUT2D eigenvalue weighted by Crippen LogP contribution is 2.27. The van der Waals surface area contributed by atoms with Crippen molar-refractivity contribution in [3.63, 3.8) is 0 Å². The molecule has 1 aliphatic carbocycles. The van der Waals surface area contributed by atoms with E-state index in [2.05, 4.69) is 10.3 Å². The highest BCUT2D eigenvalue weighted by Gasteiger charge is 2.29. The minimum absolute atomic E-state index is 0.0159. The number of sulfonamides is 1. The second-order valence-electron chi connectivity index (χ2n) is 7.05. The number of hydrogen-bond acceptors (Lipinski definition) is 7. The van der Waals surface area contributed by atoms with Gasteiger partial charge in [0.15, 0.2) is 10.8 Å². The summed E-state index contributed by atoms with van der Waals surface area (Å²) in [5.41, 5.74) is 0.309. The van der Waals surface area contributed by atoms with E-state index in [1.165, 1.54) is 27.9 Å². The van der Waals surface area contributed by atoms with Crippen LogP contribution in [0.25, 0.3) is 0 Å². The van der Waals surface area contributed by atoms with Crippen molar-refractivity contribution in [3.05, 3.63) is 40.9 Å². The number of amides is 1. The molecule has 0 spiro atoms. The van der Waals surface area contributed by atoms with Gasteiger partial charge in [-0.3, -0.25) is 10.1 Å². The number of nitrogens with zero attached hydrogens (tertiary/aromatic N) is 2. The summed E-state index contributed by atoms with van der Waals surface area (Å²) in [5.74, 6) is -1.06. The van der Waals surface area contributed by atoms with Crippen molar-refractivity contribution in [2.45, 2.75) is 50.0 Å². The molecule has 1 N–H and O–H groups in total. The van der Waals surface area contributed by atoms with E-state index in [0.717, 1.165) is 43.4 Å². The summed E-state index contributed by atoms with van der Waals surface area (Å²) in [4.78, 5) is 28.4. The van der Waals surface area contributed by atoms with Crippen molar-refractivity contribution in [3.8, 4) is 0 Å². The Hall–Kier alpha value is -2.30. The average Bonchev–Trinajstić information content (AvgIpc) is 3.22. The van der Waals surface area contributed by atoms with Gasteiger partial charge in [0.05, 0.1) is 11.5 Å². The highest BCUT2D eigenvalue weighted by atomic mass is 32.2. The smallest absolute Gasteiger partial charge is 0.357 e. The molecule has 0 unspecified atom stereocenters. The van der Waals surface area contributed by atoms with Crippen LogP contribution in [-0.2, 0) is 14.8 Å². The van der Waals surface area contributed by atoms with Gasteiger partial charge in [0, 0.05) is 24.0 Å². The zero-order valence-corrected chi connectivity index (χ0v) is 18.6. The Morgan fingerprint density at radius 1 is 1.27 bits per heavy atom. The molecular weight excluding hydrogens is 426 g/mol. The number of carbonyl (C=O) groups excluding carboxylic acids is 2. The molecule has 1 aliphatic rings. The van der Waals surface area contributed by atoms with Crippen LogP contribution in [0.1, 0.15) is 59.9 Å². The lowest BCUT2D eigenvalue weighted by molar-refractivity contribution is 0.0520. The summed E-state index contributed by atoms with van der Waals surface area (Å²) in [6.45, 7) is 1.92. The molecule has 162 valence electrons. The molecule has 0 radical (unpaired) electrons. The van der Waals surface area contributed by atoms with Crippen molar-refractivity contribution in [1.82, 2.24) is 9.29 Å². The monoisotopic (exact) mass is 451 g/mol. The molecule has 0 saturated heterocycles. The van der Waals surface area contributed by atoms with Gasteiger partial charge in [-0.1, -0.05) is 25.3 Å². The normalized spacial score (nSPS) is 15.2. The van der Waals surface area contributed by atoms with Crippen LogP contribution in [0.5, 0.6) is 0 Å². The van der Waals surface area contributed by atoms with Crippen molar-refractivity contribution < 1.29 is 22.7 Å². The molecule has 1 fully saturated rings. The van der Waals surface area contributed by atoms with Gasteiger partial charge in [-0.15, -0.1) is 11.3 Å². The van der Waals surface area contributed by atoms with Gasteiger partial charge in [0.2, 0.25) is 10.0 Å². The van der Waals surface area contributed by atoms with Gasteiger partial charge >= 0.3 is 5.97 Å². The van der Waals surface area contributed by atoms with E-state index in [-0.39, 0.29) is 33.9 Å². The molecule has 1 amide bonds. The number of rotatable bonds is 7. The van der Waals surface area contributed by atoms with Crippen LogP contribution >= 0.6 is 11.3 Å². The molecule has 0 bridgehead atoms. The summed E-state index contributed by atoms with van der Waals surface area (Å²) in [6, 6.07) is 5.92. The zero-order chi connectivity index (χ0) is 21.7. The summed E-state index contributed by atoms with van der Waals surface area (Å²) >= 11 is 1.09. The van der Waals surface area contributed by atoms with E-state index < -0.39 is 21.9 Å². The van der Waals surface area contributed by atoms with Gasteiger partial charge in [-0.2, -0.15) is 4.31 Å². The van der Waals surface area contributed by atoms with Crippen molar-refractivity contribution >= 4 is 38.4 Å². The maximum atomic E-state index is 13.0. The summed E-state index contributed by atoms with van der Waals surface area (Å²) in [6.07, 6.45) is 4.88. The maximum absolute atomic E-state index is 13.0. The minimum atomic E-state index is -3.70. The fourth-order valence-corrected chi connectivity index (χ4v) is 5.54. The third kappa shape index (κ3) is 5.05. The Balaban J connectivity index is 1.74. The molecular formula is C20H25N3O5S2. The first-order valence-electron chi connectivity index (χ1n) is 9.85. The number of nitrogens with one attached hydrogen (secondary N) is 1. The van der Waals surface area contributed by atoms with E-state index in [1.807, 2.05) is 0 Å². The molecule has 2 aromatic rings. The second kappa shape index (κ2) is 9.67. The number of thiazole rings is 1. The van der Waals surface area contributed by atoms with Gasteiger partial charge in [0.1, 0.15) is 0 Å². The number of esters is 1. The largest absolute Gasteiger partial charge is 0.461 e. The first-order chi connectivity index (χ1) is 14.3. The van der Waals surface area contributed by atoms with Crippen LogP contribution in [-0.4, -0.2) is 49.3 Å². The number of benzene rings is 1. The molecule has 1 aromatic heterocycles. The Kier molecular flexibility index (Phi) is 7.22. The molecule has 3 rings (SSSR count). The summed E-state index contributed by atoms with van der Waals surface area (Å²) in [5, 5.41) is 4.32. The molecule has 1 saturated carbocycles. The van der Waals surface area contributed by atoms with E-state index in [4.69, 9.17) is 4.74 Å². The maximum Gasteiger partial charge on any atom is 0.357 e. The lowest BCUT2D eigenvalue weighted by Crippen LogP contribution is -2.38. The third-order valence-corrected chi connectivity index (χ3v) is 7.74. The van der Waals surface area contributed by atoms with E-state index >= 15 is 0 Å². The Morgan fingerprint density at radius 3 is 2.70 bits per heavy atom. The zero-order valence-electron chi connectivity index (χ0n) is 17.0. The summed E-state index contributed by atoms with van der Waals surface area (Å²) in [7, 11) is -2.10. The fraction of sp³-hybridized carbons (Fsp3) is 0.450. The van der Waals surface area contributed by atoms with Crippen LogP contribution in [0.2, 0.25) is 0 Å². The minimum Gasteiger partial charge on any atom is -0.461 e. The van der Waals surface area contributed by atoms with Gasteiger partial charge in [0.25, 0.3) is 5.91 Å². The molecule has 0 aliphatic heterocycles. The third-order valence-electron chi connectivity index (χ3n) is 5.07. The average molecular weight is 452 g/mol. The lowest BCUT2D eigenvalue weighted by Gasteiger charge is -2.30. The molecule has 10 heteroatoms. The lowest BCUT2D eigenvalue weighted by atomic mass is 9.96. The van der Waals surface area contributed by atoms with Crippen LogP contribution in [0.3, 0.4) is 0 Å². The predicted molar refractivity (Wildman–Crippen MR) is 114 cm³/mol. The molecule has 0 atom stereocenters. The van der Waals surface area contributed by atoms with Crippen LogP contribution < -0.4 is 5.32 Å². The standard InChI is InChI=1S/C20H25N3O5S2/c1-3-28-19(25)17-13-29-20(21-17)22-18(24)14-8-7-11-16(12-14)30(26,27)23(2)15-9-5-4-6-10-15/h7-8,11-13,15H,3-6,9-10H2,1-2H3,(H,21,22,24). The number of hydrogen-bond donors (Lipinski definition) is 1. The first kappa shape index (κ1) is 22.4. The Bertz CT molecular complexity index is 1010. The van der Waals surface area contributed by atoms with Crippen molar-refractivity contribution in [2.75, 3.05) is 19.0 Å². The number of anilines is 1. The Labute approximate surface area is 180 Å². The Morgan fingerprint density at radius 2 is 2.00 bits per heavy atom. The predicted octanol–water partition coefficient (Wildman–Crippen LogP) is 3.53. The van der Waals surface area contributed by atoms with E-state index in [9.17, 15) is 18.0 Å². The first-order valence-corrected chi connectivity index (χ1v) is 12.2. The van der Waals surface area contributed by atoms with Gasteiger partial charge in [-0.05, 0) is 38.0 Å². The van der Waals surface area contributed by atoms with Crippen LogP contribution in [0.4, 0.5) is 5.13 Å². The molecule has 8 nitrogen and oxygen atoms in total. The quantitative estimate of drug-likeness (QED) is 0.646. The molecule has 1 heterocycles. The number of ether oxygens (including phenoxy) is 1. The number of aromatic nitrogens is 1. The number of carbonyl (C=O) groups is 2. The highest BCUT2D eigenvalue weighted by molar-refractivity contribution is 7.89. The fourth-order valence-electron chi connectivity index (χ4n) is 3.40. The topological polar surface area (TPSA) is 106 Å². The summed E-state index contributed by atoms with van der Waals surface area (Å²) < 4.78 is 32.4. The van der Waals surface area contributed by atoms with Gasteiger partial charge < -0.3 is 4.74 Å². The second-order valence-corrected chi connectivity index (χ2v) is 9.91. The van der Waals surface area contributed by atoms with Crippen LogP contribution in [0.15, 0.2) is 34.5 Å². The van der Waals surface area contributed by atoms with Gasteiger partial charge in [-0.25, -0.2) is 18.2 Å². The van der Waals surface area contributed by atoms with Crippen LogP contribution in [0, 0.1) is 0 Å². The molecule has 30 heavy (non-hydrogen) atoms. The van der Waals surface area contributed by atoms with Crippen molar-refractivity contribution in [2.24, 2.45) is 0 Å². The van der Waals surface area contributed by atoms with E-state index in [1.54, 1.807) is 20.0 Å². The van der Waals surface area contributed by atoms with Crippen molar-refractivity contribution in [1.29, 1.82) is 0 Å². The SMILES string of the molecule is CCOC(=O)c1csc(NC(=O)c2cccc(S(=O)(=O)N(C)C3CCCCC3)c2)n1. The molecule has 1 aromatic carbocycles.